The van der Waals surface area contributed by atoms with Crippen molar-refractivity contribution in [3.8, 4) is 11.5 Å². The summed E-state index contributed by atoms with van der Waals surface area (Å²) in [7, 11) is 1.69. The second-order valence-corrected chi connectivity index (χ2v) is 9.43. The van der Waals surface area contributed by atoms with Crippen molar-refractivity contribution in [1.29, 1.82) is 0 Å². The summed E-state index contributed by atoms with van der Waals surface area (Å²) in [6.45, 7) is 7.40. The second-order valence-electron chi connectivity index (χ2n) is 7.75. The number of nitrogens with zero attached hydrogens (tertiary/aromatic N) is 1. The smallest absolute Gasteiger partial charge is 0.265 e. The summed E-state index contributed by atoms with van der Waals surface area (Å²) in [4.78, 5) is 14.3. The average molecular weight is 428 g/mol. The minimum atomic E-state index is -0.0863. The van der Waals surface area contributed by atoms with E-state index in [4.69, 9.17) is 21.7 Å². The zero-order chi connectivity index (χ0) is 21.0. The van der Waals surface area contributed by atoms with E-state index in [-0.39, 0.29) is 11.3 Å². The van der Waals surface area contributed by atoms with Crippen molar-refractivity contribution in [2.45, 2.75) is 26.2 Å². The molecule has 1 aliphatic rings. The Morgan fingerprint density at radius 3 is 2.31 bits per heavy atom. The van der Waals surface area contributed by atoms with Crippen LogP contribution in [0.2, 0.25) is 0 Å². The number of benzene rings is 2. The molecule has 1 heterocycles. The number of hydrogen-bond acceptors (Lipinski definition) is 5. The van der Waals surface area contributed by atoms with Gasteiger partial charge in [-0.3, -0.25) is 9.69 Å². The van der Waals surface area contributed by atoms with Crippen LogP contribution in [-0.2, 0) is 10.2 Å². The van der Waals surface area contributed by atoms with E-state index in [0.717, 1.165) is 11.3 Å². The van der Waals surface area contributed by atoms with Gasteiger partial charge in [0.15, 0.2) is 0 Å². The van der Waals surface area contributed by atoms with Crippen LogP contribution in [0.4, 0.5) is 0 Å². The Bertz CT molecular complexity index is 930. The van der Waals surface area contributed by atoms with Crippen molar-refractivity contribution in [1.82, 2.24) is 4.90 Å². The SMILES string of the molecule is CN1C(=O)C(=Cc2ccccc2OCCOc2ccc(C(C)(C)C)cc2)SC1=S. The van der Waals surface area contributed by atoms with Crippen molar-refractivity contribution in [3.05, 3.63) is 64.6 Å². The summed E-state index contributed by atoms with van der Waals surface area (Å²) in [6.07, 6.45) is 1.82. The molecular formula is C23H25NO3S2. The van der Waals surface area contributed by atoms with Crippen molar-refractivity contribution in [2.75, 3.05) is 20.3 Å². The summed E-state index contributed by atoms with van der Waals surface area (Å²) >= 11 is 6.49. The number of likely N-dealkylation sites (N-methyl/N-ethyl adjacent to an activating group) is 1. The van der Waals surface area contributed by atoms with Gasteiger partial charge >= 0.3 is 0 Å². The van der Waals surface area contributed by atoms with Gasteiger partial charge in [-0.15, -0.1) is 0 Å². The van der Waals surface area contributed by atoms with Gasteiger partial charge in [0.1, 0.15) is 29.0 Å². The molecule has 2 aromatic carbocycles. The fraction of sp³-hybridized carbons (Fsp3) is 0.304. The Kier molecular flexibility index (Phi) is 6.65. The largest absolute Gasteiger partial charge is 0.490 e. The molecule has 1 aliphatic heterocycles. The molecule has 0 aliphatic carbocycles. The Labute approximate surface area is 181 Å². The van der Waals surface area contributed by atoms with Gasteiger partial charge in [0.2, 0.25) is 0 Å². The zero-order valence-electron chi connectivity index (χ0n) is 17.1. The van der Waals surface area contributed by atoms with Gasteiger partial charge in [0, 0.05) is 12.6 Å². The van der Waals surface area contributed by atoms with Gasteiger partial charge in [0.25, 0.3) is 5.91 Å². The van der Waals surface area contributed by atoms with E-state index in [2.05, 4.69) is 32.9 Å². The Morgan fingerprint density at radius 1 is 1.03 bits per heavy atom. The molecule has 0 spiro atoms. The standard InChI is InChI=1S/C23H25NO3S2/c1-23(2,3)17-9-11-18(12-10-17)26-13-14-27-19-8-6-5-7-16(19)15-20-21(25)24(4)22(28)29-20/h5-12,15H,13-14H2,1-4H3. The highest BCUT2D eigenvalue weighted by Gasteiger charge is 2.28. The summed E-state index contributed by atoms with van der Waals surface area (Å²) in [5.74, 6) is 1.44. The number of amides is 1. The molecule has 0 unspecified atom stereocenters. The number of rotatable bonds is 6. The number of carbonyl (C=O) groups excluding carboxylic acids is 1. The summed E-state index contributed by atoms with van der Waals surface area (Å²) in [5.41, 5.74) is 2.24. The van der Waals surface area contributed by atoms with E-state index in [0.29, 0.717) is 28.2 Å². The predicted octanol–water partition coefficient (Wildman–Crippen LogP) is 5.27. The molecule has 1 saturated heterocycles. The molecule has 152 valence electrons. The maximum absolute atomic E-state index is 12.2. The maximum atomic E-state index is 12.2. The Balaban J connectivity index is 1.58. The van der Waals surface area contributed by atoms with Crippen LogP contribution in [0.15, 0.2) is 53.4 Å². The minimum absolute atomic E-state index is 0.0863. The molecule has 3 rings (SSSR count). The monoisotopic (exact) mass is 427 g/mol. The average Bonchev–Trinajstić information content (AvgIpc) is 2.93. The van der Waals surface area contributed by atoms with Crippen molar-refractivity contribution in [3.63, 3.8) is 0 Å². The van der Waals surface area contributed by atoms with E-state index in [1.807, 2.05) is 42.5 Å². The van der Waals surface area contributed by atoms with Gasteiger partial charge < -0.3 is 9.47 Å². The second kappa shape index (κ2) is 9.01. The molecule has 0 saturated carbocycles. The summed E-state index contributed by atoms with van der Waals surface area (Å²) < 4.78 is 12.3. The third-order valence-electron chi connectivity index (χ3n) is 4.52. The third kappa shape index (κ3) is 5.40. The number of thiocarbonyl (C=S) groups is 1. The van der Waals surface area contributed by atoms with Gasteiger partial charge in [-0.2, -0.15) is 0 Å². The number of para-hydroxylation sites is 1. The van der Waals surface area contributed by atoms with Gasteiger partial charge in [-0.05, 0) is 35.3 Å². The first kappa shape index (κ1) is 21.4. The molecule has 29 heavy (non-hydrogen) atoms. The number of ether oxygens (including phenoxy) is 2. The third-order valence-corrected chi connectivity index (χ3v) is 6.01. The number of thioether (sulfide) groups is 1. The quantitative estimate of drug-likeness (QED) is 0.357. The van der Waals surface area contributed by atoms with Crippen LogP contribution in [0.25, 0.3) is 6.08 Å². The first-order chi connectivity index (χ1) is 13.8. The highest BCUT2D eigenvalue weighted by Crippen LogP contribution is 2.33. The van der Waals surface area contributed by atoms with Crippen molar-refractivity contribution in [2.24, 2.45) is 0 Å². The van der Waals surface area contributed by atoms with Crippen LogP contribution in [0, 0.1) is 0 Å². The number of carbonyl (C=O) groups is 1. The van der Waals surface area contributed by atoms with Crippen LogP contribution in [-0.4, -0.2) is 35.4 Å². The summed E-state index contributed by atoms with van der Waals surface area (Å²) in [5, 5.41) is 0. The van der Waals surface area contributed by atoms with E-state index in [9.17, 15) is 4.79 Å². The lowest BCUT2D eigenvalue weighted by Gasteiger charge is -2.19. The molecular weight excluding hydrogens is 402 g/mol. The minimum Gasteiger partial charge on any atom is -0.490 e. The lowest BCUT2D eigenvalue weighted by molar-refractivity contribution is -0.121. The fourth-order valence-corrected chi connectivity index (χ4v) is 3.95. The van der Waals surface area contributed by atoms with E-state index < -0.39 is 0 Å². The highest BCUT2D eigenvalue weighted by atomic mass is 32.2. The molecule has 1 fully saturated rings. The van der Waals surface area contributed by atoms with Crippen LogP contribution in [0.5, 0.6) is 11.5 Å². The Morgan fingerprint density at radius 2 is 1.69 bits per heavy atom. The van der Waals surface area contributed by atoms with Crippen molar-refractivity contribution >= 4 is 40.3 Å². The highest BCUT2D eigenvalue weighted by molar-refractivity contribution is 8.26. The van der Waals surface area contributed by atoms with Gasteiger partial charge in [-0.1, -0.05) is 75.1 Å². The molecule has 0 atom stereocenters. The first-order valence-corrected chi connectivity index (χ1v) is 10.6. The van der Waals surface area contributed by atoms with E-state index in [1.165, 1.54) is 22.2 Å². The topological polar surface area (TPSA) is 38.8 Å². The van der Waals surface area contributed by atoms with Crippen LogP contribution < -0.4 is 9.47 Å². The van der Waals surface area contributed by atoms with E-state index in [1.54, 1.807) is 7.05 Å². The predicted molar refractivity (Wildman–Crippen MR) is 124 cm³/mol. The molecule has 0 bridgehead atoms. The molecule has 6 heteroatoms. The molecule has 0 aromatic heterocycles. The molecule has 0 N–H and O–H groups in total. The Hall–Kier alpha value is -2.31. The van der Waals surface area contributed by atoms with E-state index >= 15 is 0 Å². The van der Waals surface area contributed by atoms with Crippen LogP contribution >= 0.6 is 24.0 Å². The molecule has 2 aromatic rings. The van der Waals surface area contributed by atoms with Crippen LogP contribution in [0.1, 0.15) is 31.9 Å². The molecule has 1 amide bonds. The first-order valence-electron chi connectivity index (χ1n) is 9.42. The molecule has 4 nitrogen and oxygen atoms in total. The lowest BCUT2D eigenvalue weighted by Crippen LogP contribution is -2.22. The van der Waals surface area contributed by atoms with Crippen molar-refractivity contribution < 1.29 is 14.3 Å². The van der Waals surface area contributed by atoms with Gasteiger partial charge in [0.05, 0.1) is 4.91 Å². The lowest BCUT2D eigenvalue weighted by atomic mass is 9.87. The van der Waals surface area contributed by atoms with Gasteiger partial charge in [-0.25, -0.2) is 0 Å². The maximum Gasteiger partial charge on any atom is 0.265 e. The number of hydrogen-bond donors (Lipinski definition) is 0. The summed E-state index contributed by atoms with van der Waals surface area (Å²) in [6, 6.07) is 15.8. The zero-order valence-corrected chi connectivity index (χ0v) is 18.7. The molecule has 0 radical (unpaired) electrons. The normalized spacial score (nSPS) is 15.9. The fourth-order valence-electron chi connectivity index (χ4n) is 2.78. The van der Waals surface area contributed by atoms with Crippen LogP contribution in [0.3, 0.4) is 0 Å².